The van der Waals surface area contributed by atoms with Gasteiger partial charge >= 0.3 is 0 Å². The quantitative estimate of drug-likeness (QED) is 0.701. The first kappa shape index (κ1) is 19.1. The smallest absolute Gasteiger partial charge is 0.290 e. The van der Waals surface area contributed by atoms with Crippen LogP contribution < -0.4 is 5.32 Å². The van der Waals surface area contributed by atoms with E-state index in [1.165, 1.54) is 12.1 Å². The minimum Gasteiger partial charge on any atom is -0.483 e. The highest BCUT2D eigenvalue weighted by Gasteiger charge is 2.31. The highest BCUT2D eigenvalue weighted by atomic mass is 19.1. The molecule has 1 heterocycles. The third-order valence-corrected chi connectivity index (χ3v) is 3.74. The maximum atomic E-state index is 12.8. The first-order valence-electron chi connectivity index (χ1n) is 7.44. The molecule has 1 saturated heterocycles. The summed E-state index contributed by atoms with van der Waals surface area (Å²) in [6.07, 6.45) is 0.731. The molecule has 0 aromatic heterocycles. The lowest BCUT2D eigenvalue weighted by Gasteiger charge is -2.32. The molecule has 0 unspecified atom stereocenters. The van der Waals surface area contributed by atoms with Crippen molar-refractivity contribution in [1.29, 1.82) is 0 Å². The number of carboxylic acid groups (broad SMARTS) is 1. The second-order valence-electron chi connectivity index (χ2n) is 5.50. The monoisotopic (exact) mass is 326 g/mol. The van der Waals surface area contributed by atoms with Crippen molar-refractivity contribution in [2.24, 2.45) is 5.92 Å². The molecular weight excluding hydrogens is 303 g/mol. The molecule has 0 spiro atoms. The SMILES string of the molecule is CN1CC[C@@H](O)[C@H](C(=O)NCCc2ccc(F)cc2)C1.O=CO. The fourth-order valence-corrected chi connectivity index (χ4v) is 2.47. The lowest BCUT2D eigenvalue weighted by atomic mass is 9.94. The van der Waals surface area contributed by atoms with Crippen molar-refractivity contribution in [3.63, 3.8) is 0 Å². The van der Waals surface area contributed by atoms with Gasteiger partial charge in [-0.15, -0.1) is 0 Å². The molecular formula is C16H23FN2O4. The van der Waals surface area contributed by atoms with Crippen LogP contribution in [-0.4, -0.2) is 60.3 Å². The number of carbonyl (C=O) groups is 2. The summed E-state index contributed by atoms with van der Waals surface area (Å²) >= 11 is 0. The Bertz CT molecular complexity index is 495. The van der Waals surface area contributed by atoms with Crippen molar-refractivity contribution in [3.8, 4) is 0 Å². The van der Waals surface area contributed by atoms with Crippen molar-refractivity contribution in [1.82, 2.24) is 10.2 Å². The predicted molar refractivity (Wildman–Crippen MR) is 83.4 cm³/mol. The van der Waals surface area contributed by atoms with Crippen LogP contribution in [0.5, 0.6) is 0 Å². The summed E-state index contributed by atoms with van der Waals surface area (Å²) in [6, 6.07) is 6.25. The Morgan fingerprint density at radius 1 is 1.43 bits per heavy atom. The summed E-state index contributed by atoms with van der Waals surface area (Å²) < 4.78 is 12.8. The van der Waals surface area contributed by atoms with Crippen molar-refractivity contribution < 1.29 is 24.2 Å². The number of aliphatic hydroxyl groups excluding tert-OH is 1. The summed E-state index contributed by atoms with van der Waals surface area (Å²) in [5, 5.41) is 19.6. The van der Waals surface area contributed by atoms with Crippen LogP contribution in [0, 0.1) is 11.7 Å². The lowest BCUT2D eigenvalue weighted by molar-refractivity contribution is -0.131. The van der Waals surface area contributed by atoms with Crippen molar-refractivity contribution in [2.75, 3.05) is 26.7 Å². The van der Waals surface area contributed by atoms with E-state index in [0.717, 1.165) is 12.1 Å². The maximum Gasteiger partial charge on any atom is 0.290 e. The van der Waals surface area contributed by atoms with E-state index in [9.17, 15) is 14.3 Å². The van der Waals surface area contributed by atoms with Gasteiger partial charge in [0.05, 0.1) is 12.0 Å². The minimum absolute atomic E-state index is 0.105. The highest BCUT2D eigenvalue weighted by Crippen LogP contribution is 2.16. The fraction of sp³-hybridized carbons (Fsp3) is 0.500. The number of aliphatic hydroxyl groups is 1. The predicted octanol–water partition coefficient (Wildman–Crippen LogP) is 0.498. The van der Waals surface area contributed by atoms with Gasteiger partial charge in [-0.05, 0) is 37.6 Å². The number of rotatable bonds is 4. The molecule has 23 heavy (non-hydrogen) atoms. The van der Waals surface area contributed by atoms with E-state index < -0.39 is 6.10 Å². The number of nitrogens with zero attached hydrogens (tertiary/aromatic N) is 1. The fourth-order valence-electron chi connectivity index (χ4n) is 2.47. The van der Waals surface area contributed by atoms with Crippen LogP contribution in [0.15, 0.2) is 24.3 Å². The molecule has 1 aromatic rings. The summed E-state index contributed by atoms with van der Waals surface area (Å²) in [6.45, 7) is 1.65. The molecule has 1 fully saturated rings. The molecule has 2 atom stereocenters. The van der Waals surface area contributed by atoms with E-state index in [-0.39, 0.29) is 24.1 Å². The van der Waals surface area contributed by atoms with E-state index in [1.54, 1.807) is 12.1 Å². The summed E-state index contributed by atoms with van der Waals surface area (Å²) in [5.41, 5.74) is 0.980. The van der Waals surface area contributed by atoms with Gasteiger partial charge in [0, 0.05) is 19.6 Å². The number of benzene rings is 1. The average Bonchev–Trinajstić information content (AvgIpc) is 2.52. The number of carbonyl (C=O) groups excluding carboxylic acids is 1. The van der Waals surface area contributed by atoms with Gasteiger partial charge in [0.15, 0.2) is 0 Å². The molecule has 7 heteroatoms. The zero-order valence-corrected chi connectivity index (χ0v) is 13.1. The van der Waals surface area contributed by atoms with E-state index in [2.05, 4.69) is 10.2 Å². The van der Waals surface area contributed by atoms with E-state index >= 15 is 0 Å². The van der Waals surface area contributed by atoms with E-state index in [0.29, 0.717) is 25.9 Å². The standard InChI is InChI=1S/C15H21FN2O2.CH2O2/c1-18-9-7-14(19)13(10-18)15(20)17-8-6-11-2-4-12(16)5-3-11;2-1-3/h2-5,13-14,19H,6-10H2,1H3,(H,17,20);1H,(H,2,3)/t13-,14-;/m1./s1. The van der Waals surface area contributed by atoms with Crippen LogP contribution in [0.3, 0.4) is 0 Å². The van der Waals surface area contributed by atoms with Gasteiger partial charge in [-0.1, -0.05) is 12.1 Å². The topological polar surface area (TPSA) is 89.9 Å². The number of amides is 1. The molecule has 2 rings (SSSR count). The molecule has 1 aliphatic rings. The van der Waals surface area contributed by atoms with Crippen LogP contribution in [0.4, 0.5) is 4.39 Å². The van der Waals surface area contributed by atoms with Gasteiger partial charge in [0.2, 0.25) is 5.91 Å². The number of hydrogen-bond acceptors (Lipinski definition) is 4. The Hall–Kier alpha value is -1.99. The van der Waals surface area contributed by atoms with Gasteiger partial charge in [-0.2, -0.15) is 0 Å². The Morgan fingerprint density at radius 2 is 2.04 bits per heavy atom. The van der Waals surface area contributed by atoms with Crippen LogP contribution in [0.2, 0.25) is 0 Å². The Balaban J connectivity index is 0.000000816. The van der Waals surface area contributed by atoms with Gasteiger partial charge in [0.1, 0.15) is 5.82 Å². The Labute approximate surface area is 134 Å². The normalized spacial score (nSPS) is 21.0. The molecule has 0 saturated carbocycles. The summed E-state index contributed by atoms with van der Waals surface area (Å²) in [4.78, 5) is 22.5. The van der Waals surface area contributed by atoms with Gasteiger partial charge in [0.25, 0.3) is 6.47 Å². The Morgan fingerprint density at radius 3 is 2.65 bits per heavy atom. The highest BCUT2D eigenvalue weighted by molar-refractivity contribution is 5.79. The molecule has 6 nitrogen and oxygen atoms in total. The largest absolute Gasteiger partial charge is 0.483 e. The lowest BCUT2D eigenvalue weighted by Crippen LogP contribution is -2.49. The number of hydrogen-bond donors (Lipinski definition) is 3. The zero-order chi connectivity index (χ0) is 17.2. The number of likely N-dealkylation sites (tertiary alicyclic amines) is 1. The van der Waals surface area contributed by atoms with Gasteiger partial charge < -0.3 is 20.4 Å². The van der Waals surface area contributed by atoms with Crippen LogP contribution in [0.1, 0.15) is 12.0 Å². The number of nitrogens with one attached hydrogen (secondary N) is 1. The van der Waals surface area contributed by atoms with E-state index in [4.69, 9.17) is 9.90 Å². The van der Waals surface area contributed by atoms with Crippen LogP contribution in [-0.2, 0) is 16.0 Å². The van der Waals surface area contributed by atoms with Crippen LogP contribution in [0.25, 0.3) is 0 Å². The second-order valence-corrected chi connectivity index (χ2v) is 5.50. The minimum atomic E-state index is -0.558. The number of halogens is 1. The van der Waals surface area contributed by atoms with E-state index in [1.807, 2.05) is 7.05 Å². The molecule has 0 radical (unpaired) electrons. The average molecular weight is 326 g/mol. The molecule has 128 valence electrons. The van der Waals surface area contributed by atoms with Gasteiger partial charge in [-0.25, -0.2) is 4.39 Å². The van der Waals surface area contributed by atoms with Crippen molar-refractivity contribution >= 4 is 12.4 Å². The zero-order valence-electron chi connectivity index (χ0n) is 13.1. The summed E-state index contributed by atoms with van der Waals surface area (Å²) in [5.74, 6) is -0.723. The van der Waals surface area contributed by atoms with Crippen molar-refractivity contribution in [3.05, 3.63) is 35.6 Å². The third-order valence-electron chi connectivity index (χ3n) is 3.74. The molecule has 3 N–H and O–H groups in total. The summed E-state index contributed by atoms with van der Waals surface area (Å²) in [7, 11) is 1.95. The molecule has 0 aliphatic carbocycles. The molecule has 1 aliphatic heterocycles. The molecule has 0 bridgehead atoms. The maximum absolute atomic E-state index is 12.8. The molecule has 1 amide bonds. The van der Waals surface area contributed by atoms with Crippen LogP contribution >= 0.6 is 0 Å². The Kier molecular flexibility index (Phi) is 8.21. The molecule has 1 aromatic carbocycles. The first-order chi connectivity index (χ1) is 11.0. The third kappa shape index (κ3) is 6.75. The van der Waals surface area contributed by atoms with Gasteiger partial charge in [-0.3, -0.25) is 9.59 Å². The number of piperidine rings is 1. The second kappa shape index (κ2) is 9.91. The first-order valence-corrected chi connectivity index (χ1v) is 7.44. The van der Waals surface area contributed by atoms with Crippen molar-refractivity contribution in [2.45, 2.75) is 18.9 Å².